The standard InChI is InChI=1S/C39H49FN4O5/c1-3-27-14-7-15-29(24-27)35-31(17-8-18-32(35)40)39(48,20-11-23-49-38(47)42-2)30-16-9-21-43(26-30)37(46)34-19-10-22-44(34)36(45)33(41)25-28-12-5-4-6-13-28/h4-8,12-15,17-18,24,30,33-34,48H,3,9-11,16,19-23,25-26,41H2,1-2H3,(H,42,47)/t30?,33-,34-,39?/m0/s1. The first-order valence-electron chi connectivity index (χ1n) is 17.5. The Labute approximate surface area is 288 Å². The van der Waals surface area contributed by atoms with Crippen LogP contribution < -0.4 is 11.1 Å². The normalized spacial score (nSPS) is 19.6. The molecule has 3 amide bonds. The first-order valence-corrected chi connectivity index (χ1v) is 17.5. The summed E-state index contributed by atoms with van der Waals surface area (Å²) in [6, 6.07) is 20.7. The van der Waals surface area contributed by atoms with E-state index in [0.29, 0.717) is 68.3 Å². The molecule has 49 heavy (non-hydrogen) atoms. The van der Waals surface area contributed by atoms with Gasteiger partial charge < -0.3 is 30.7 Å². The number of likely N-dealkylation sites (tertiary alicyclic amines) is 2. The molecule has 4 N–H and O–H groups in total. The van der Waals surface area contributed by atoms with Crippen molar-refractivity contribution in [3.63, 3.8) is 0 Å². The van der Waals surface area contributed by atoms with Gasteiger partial charge in [0.1, 0.15) is 11.9 Å². The third-order valence-electron chi connectivity index (χ3n) is 10.1. The zero-order valence-corrected chi connectivity index (χ0v) is 28.6. The van der Waals surface area contributed by atoms with Crippen LogP contribution in [0.2, 0.25) is 0 Å². The Morgan fingerprint density at radius 2 is 1.76 bits per heavy atom. The van der Waals surface area contributed by atoms with E-state index in [4.69, 9.17) is 10.5 Å². The van der Waals surface area contributed by atoms with Crippen molar-refractivity contribution in [2.75, 3.05) is 33.3 Å². The molecule has 10 heteroatoms. The van der Waals surface area contributed by atoms with Crippen LogP contribution in [-0.4, -0.2) is 78.2 Å². The Hall–Kier alpha value is -4.28. The average Bonchev–Trinajstić information content (AvgIpc) is 3.63. The Morgan fingerprint density at radius 1 is 1.02 bits per heavy atom. The van der Waals surface area contributed by atoms with Crippen molar-refractivity contribution in [2.24, 2.45) is 11.7 Å². The molecule has 2 aliphatic heterocycles. The van der Waals surface area contributed by atoms with Gasteiger partial charge >= 0.3 is 6.09 Å². The summed E-state index contributed by atoms with van der Waals surface area (Å²) in [5, 5.41) is 15.2. The van der Waals surface area contributed by atoms with Gasteiger partial charge in [0, 0.05) is 38.2 Å². The van der Waals surface area contributed by atoms with Gasteiger partial charge in [0.05, 0.1) is 18.2 Å². The van der Waals surface area contributed by atoms with Crippen molar-refractivity contribution in [1.29, 1.82) is 0 Å². The number of hydrogen-bond donors (Lipinski definition) is 3. The molecular formula is C39H49FN4O5. The molecule has 0 aliphatic carbocycles. The molecule has 0 radical (unpaired) electrons. The topological polar surface area (TPSA) is 125 Å². The minimum atomic E-state index is -1.55. The van der Waals surface area contributed by atoms with Crippen molar-refractivity contribution in [3.8, 4) is 11.1 Å². The van der Waals surface area contributed by atoms with Crippen LogP contribution in [-0.2, 0) is 32.8 Å². The fraction of sp³-hybridized carbons (Fsp3) is 0.462. The highest BCUT2D eigenvalue weighted by Gasteiger charge is 2.45. The highest BCUT2D eigenvalue weighted by atomic mass is 19.1. The smallest absolute Gasteiger partial charge is 0.406 e. The molecule has 2 unspecified atom stereocenters. The average molecular weight is 673 g/mol. The summed E-state index contributed by atoms with van der Waals surface area (Å²) in [7, 11) is 1.48. The maximum absolute atomic E-state index is 15.8. The number of piperidine rings is 1. The van der Waals surface area contributed by atoms with E-state index in [1.54, 1.807) is 21.9 Å². The molecule has 2 aliphatic rings. The van der Waals surface area contributed by atoms with Crippen LogP contribution >= 0.6 is 0 Å². The SMILES string of the molecule is CCc1cccc(-c2c(F)cccc2C(O)(CCCOC(=O)NC)C2CCCN(C(=O)[C@@H]3CCCN3C(=O)[C@@H](N)Cc3ccccc3)C2)c1. The van der Waals surface area contributed by atoms with Gasteiger partial charge in [-0.05, 0) is 79.7 Å². The molecule has 3 aromatic rings. The minimum Gasteiger partial charge on any atom is -0.450 e. The maximum atomic E-state index is 15.8. The number of nitrogens with zero attached hydrogens (tertiary/aromatic N) is 2. The lowest BCUT2D eigenvalue weighted by molar-refractivity contribution is -0.148. The molecule has 0 saturated carbocycles. The molecule has 2 fully saturated rings. The predicted octanol–water partition coefficient (Wildman–Crippen LogP) is 5.18. The monoisotopic (exact) mass is 672 g/mol. The van der Waals surface area contributed by atoms with Gasteiger partial charge in [-0.25, -0.2) is 9.18 Å². The molecule has 0 aromatic heterocycles. The van der Waals surface area contributed by atoms with Crippen LogP contribution in [0.15, 0.2) is 72.8 Å². The first kappa shape index (κ1) is 36.0. The fourth-order valence-corrected chi connectivity index (χ4v) is 7.50. The van der Waals surface area contributed by atoms with Gasteiger partial charge in [-0.2, -0.15) is 0 Å². The number of carbonyl (C=O) groups is 3. The number of rotatable bonds is 12. The van der Waals surface area contributed by atoms with Gasteiger partial charge in [-0.3, -0.25) is 9.59 Å². The van der Waals surface area contributed by atoms with Gasteiger partial charge in [0.2, 0.25) is 11.8 Å². The number of aryl methyl sites for hydroxylation is 1. The number of nitrogens with two attached hydrogens (primary N) is 1. The van der Waals surface area contributed by atoms with Crippen LogP contribution in [0.3, 0.4) is 0 Å². The van der Waals surface area contributed by atoms with Crippen molar-refractivity contribution in [3.05, 3.63) is 95.3 Å². The number of aliphatic hydroxyl groups is 1. The van der Waals surface area contributed by atoms with E-state index in [9.17, 15) is 19.5 Å². The van der Waals surface area contributed by atoms with Crippen LogP contribution in [0.4, 0.5) is 9.18 Å². The lowest BCUT2D eigenvalue weighted by Gasteiger charge is -2.44. The molecule has 262 valence electrons. The zero-order valence-electron chi connectivity index (χ0n) is 28.6. The fourth-order valence-electron chi connectivity index (χ4n) is 7.50. The second-order valence-electron chi connectivity index (χ2n) is 13.2. The number of hydrogen-bond acceptors (Lipinski definition) is 6. The van der Waals surface area contributed by atoms with Crippen LogP contribution in [0.25, 0.3) is 11.1 Å². The van der Waals surface area contributed by atoms with E-state index in [1.165, 1.54) is 13.1 Å². The van der Waals surface area contributed by atoms with Crippen LogP contribution in [0.5, 0.6) is 0 Å². The van der Waals surface area contributed by atoms with Crippen LogP contribution in [0.1, 0.15) is 62.1 Å². The summed E-state index contributed by atoms with van der Waals surface area (Å²) in [6.07, 6.45) is 3.59. The number of nitrogens with one attached hydrogen (secondary N) is 1. The number of alkyl carbamates (subject to hydrolysis) is 1. The van der Waals surface area contributed by atoms with Crippen molar-refractivity contribution >= 4 is 17.9 Å². The van der Waals surface area contributed by atoms with Gasteiger partial charge in [0.15, 0.2) is 0 Å². The van der Waals surface area contributed by atoms with E-state index < -0.39 is 35.5 Å². The second kappa shape index (κ2) is 16.4. The van der Waals surface area contributed by atoms with E-state index in [-0.39, 0.29) is 31.4 Å². The molecule has 2 heterocycles. The summed E-state index contributed by atoms with van der Waals surface area (Å²) >= 11 is 0. The van der Waals surface area contributed by atoms with Crippen LogP contribution in [0, 0.1) is 11.7 Å². The van der Waals surface area contributed by atoms with Gasteiger partial charge in [0.25, 0.3) is 0 Å². The van der Waals surface area contributed by atoms with Gasteiger partial charge in [-0.1, -0.05) is 73.7 Å². The summed E-state index contributed by atoms with van der Waals surface area (Å²) in [5.74, 6) is -1.27. The van der Waals surface area contributed by atoms with E-state index in [2.05, 4.69) is 5.32 Å². The number of amides is 3. The van der Waals surface area contributed by atoms with Crippen molar-refractivity contribution < 1.29 is 28.6 Å². The van der Waals surface area contributed by atoms with E-state index >= 15 is 4.39 Å². The summed E-state index contributed by atoms with van der Waals surface area (Å²) < 4.78 is 21.1. The molecular weight excluding hydrogens is 623 g/mol. The van der Waals surface area contributed by atoms with E-state index in [1.807, 2.05) is 61.5 Å². The molecule has 4 atom stereocenters. The third-order valence-corrected chi connectivity index (χ3v) is 10.1. The first-order chi connectivity index (χ1) is 23.7. The van der Waals surface area contributed by atoms with Crippen molar-refractivity contribution in [2.45, 2.75) is 76.0 Å². The summed E-state index contributed by atoms with van der Waals surface area (Å²) in [6.45, 7) is 3.30. The number of carbonyl (C=O) groups excluding carboxylic acids is 3. The van der Waals surface area contributed by atoms with Crippen molar-refractivity contribution in [1.82, 2.24) is 15.1 Å². The molecule has 0 bridgehead atoms. The Bertz CT molecular complexity index is 1600. The van der Waals surface area contributed by atoms with Gasteiger partial charge in [-0.15, -0.1) is 0 Å². The number of ether oxygens (including phenoxy) is 1. The predicted molar refractivity (Wildman–Crippen MR) is 187 cm³/mol. The highest BCUT2D eigenvalue weighted by molar-refractivity contribution is 5.90. The zero-order chi connectivity index (χ0) is 35.0. The lowest BCUT2D eigenvalue weighted by Crippen LogP contribution is -2.55. The number of benzene rings is 3. The lowest BCUT2D eigenvalue weighted by atomic mass is 9.72. The molecule has 9 nitrogen and oxygen atoms in total. The Balaban J connectivity index is 1.41. The second-order valence-corrected chi connectivity index (χ2v) is 13.2. The maximum Gasteiger partial charge on any atom is 0.406 e. The summed E-state index contributed by atoms with van der Waals surface area (Å²) in [4.78, 5) is 42.9. The minimum absolute atomic E-state index is 0.0652. The third kappa shape index (κ3) is 8.31. The molecule has 5 rings (SSSR count). The highest BCUT2D eigenvalue weighted by Crippen LogP contribution is 2.44. The van der Waals surface area contributed by atoms with E-state index in [0.717, 1.165) is 17.5 Å². The Kier molecular flexibility index (Phi) is 12.1. The molecule has 0 spiro atoms. The number of halogens is 1. The quantitative estimate of drug-likeness (QED) is 0.228. The largest absolute Gasteiger partial charge is 0.450 e. The molecule has 3 aromatic carbocycles. The Morgan fingerprint density at radius 3 is 2.51 bits per heavy atom. The molecule has 2 saturated heterocycles. The summed E-state index contributed by atoms with van der Waals surface area (Å²) in [5.41, 5.74) is 8.28.